The molecule has 5 nitrogen and oxygen atoms in total. The lowest BCUT2D eigenvalue weighted by Crippen LogP contribution is -2.49. The lowest BCUT2D eigenvalue weighted by atomic mass is 10.1. The number of carboxylic acids is 1. The van der Waals surface area contributed by atoms with Gasteiger partial charge in [0.15, 0.2) is 9.84 Å². The molecule has 0 bridgehead atoms. The maximum atomic E-state index is 12.7. The summed E-state index contributed by atoms with van der Waals surface area (Å²) in [5.74, 6) is -1.10. The van der Waals surface area contributed by atoms with Gasteiger partial charge in [-0.3, -0.25) is 4.79 Å². The summed E-state index contributed by atoms with van der Waals surface area (Å²) in [6.07, 6.45) is -0.390. The first kappa shape index (κ1) is 15.3. The largest absolute Gasteiger partial charge is 0.481 e. The van der Waals surface area contributed by atoms with E-state index in [4.69, 9.17) is 5.11 Å². The fourth-order valence-corrected chi connectivity index (χ4v) is 5.84. The molecule has 2 atom stereocenters. The van der Waals surface area contributed by atoms with Crippen LogP contribution in [0.25, 0.3) is 0 Å². The molecule has 2 unspecified atom stereocenters. The standard InChI is InChI=1S/C13H16BrNO4S/c1-7-4-9(14)13-11(5-7)20(18,19)10(6-12(16)17)8(2)15(13)3/h4-5,8,10H,6H2,1-3H3,(H,16,17). The van der Waals surface area contributed by atoms with E-state index in [1.165, 1.54) is 0 Å². The average molecular weight is 362 g/mol. The summed E-state index contributed by atoms with van der Waals surface area (Å²) in [5.41, 5.74) is 1.42. The van der Waals surface area contributed by atoms with E-state index in [-0.39, 0.29) is 4.90 Å². The zero-order valence-corrected chi connectivity index (χ0v) is 13.8. The molecule has 0 spiro atoms. The zero-order chi connectivity index (χ0) is 15.2. The smallest absolute Gasteiger partial charge is 0.304 e. The minimum absolute atomic E-state index is 0.205. The van der Waals surface area contributed by atoms with Crippen molar-refractivity contribution >= 4 is 37.4 Å². The number of benzene rings is 1. The van der Waals surface area contributed by atoms with Gasteiger partial charge in [-0.25, -0.2) is 8.42 Å². The number of hydrogen-bond donors (Lipinski definition) is 1. The Kier molecular flexibility index (Phi) is 3.85. The van der Waals surface area contributed by atoms with Crippen LogP contribution in [0.4, 0.5) is 5.69 Å². The van der Waals surface area contributed by atoms with Gasteiger partial charge in [0.2, 0.25) is 0 Å². The Morgan fingerprint density at radius 1 is 1.45 bits per heavy atom. The van der Waals surface area contributed by atoms with Crippen molar-refractivity contribution in [2.45, 2.75) is 36.5 Å². The number of hydrogen-bond acceptors (Lipinski definition) is 4. The summed E-state index contributed by atoms with van der Waals surface area (Å²) in [5, 5.41) is 8.03. The maximum Gasteiger partial charge on any atom is 0.304 e. The van der Waals surface area contributed by atoms with Crippen LogP contribution in [0.15, 0.2) is 21.5 Å². The van der Waals surface area contributed by atoms with Crippen LogP contribution in [0.1, 0.15) is 18.9 Å². The molecule has 0 aromatic heterocycles. The Morgan fingerprint density at radius 2 is 2.05 bits per heavy atom. The predicted molar refractivity (Wildman–Crippen MR) is 80.0 cm³/mol. The fraction of sp³-hybridized carbons (Fsp3) is 0.462. The van der Waals surface area contributed by atoms with E-state index in [9.17, 15) is 13.2 Å². The molecule has 1 aliphatic rings. The number of rotatable bonds is 2. The topological polar surface area (TPSA) is 74.7 Å². The Morgan fingerprint density at radius 3 is 2.60 bits per heavy atom. The van der Waals surface area contributed by atoms with Gasteiger partial charge in [-0.15, -0.1) is 0 Å². The molecule has 20 heavy (non-hydrogen) atoms. The molecular weight excluding hydrogens is 346 g/mol. The molecule has 2 rings (SSSR count). The van der Waals surface area contributed by atoms with Crippen molar-refractivity contribution in [3.05, 3.63) is 22.2 Å². The molecule has 1 aromatic rings. The van der Waals surface area contributed by atoms with Crippen LogP contribution in [0, 0.1) is 6.92 Å². The number of sulfone groups is 1. The van der Waals surface area contributed by atoms with Crippen molar-refractivity contribution in [1.82, 2.24) is 0 Å². The first-order valence-electron chi connectivity index (χ1n) is 6.15. The lowest BCUT2D eigenvalue weighted by molar-refractivity contribution is -0.137. The van der Waals surface area contributed by atoms with Crippen LogP contribution in [-0.2, 0) is 14.6 Å². The molecule has 1 N–H and O–H groups in total. The molecule has 1 aromatic carbocycles. The van der Waals surface area contributed by atoms with E-state index in [1.807, 2.05) is 17.9 Å². The molecule has 0 fully saturated rings. The highest BCUT2D eigenvalue weighted by Crippen LogP contribution is 2.42. The minimum Gasteiger partial charge on any atom is -0.481 e. The van der Waals surface area contributed by atoms with Gasteiger partial charge in [0.25, 0.3) is 0 Å². The van der Waals surface area contributed by atoms with Gasteiger partial charge in [-0.05, 0) is 47.5 Å². The third kappa shape index (κ3) is 2.33. The van der Waals surface area contributed by atoms with Crippen LogP contribution in [-0.4, -0.2) is 37.8 Å². The molecule has 0 amide bonds. The lowest BCUT2D eigenvalue weighted by Gasteiger charge is -2.39. The van der Waals surface area contributed by atoms with Crippen molar-refractivity contribution in [1.29, 1.82) is 0 Å². The number of aliphatic carboxylic acids is 1. The second kappa shape index (κ2) is 5.04. The van der Waals surface area contributed by atoms with Crippen molar-refractivity contribution in [2.24, 2.45) is 0 Å². The van der Waals surface area contributed by atoms with E-state index in [1.54, 1.807) is 20.0 Å². The van der Waals surface area contributed by atoms with Gasteiger partial charge in [-0.1, -0.05) is 0 Å². The Labute approximate surface area is 126 Å². The first-order chi connectivity index (χ1) is 9.16. The minimum atomic E-state index is -3.66. The summed E-state index contributed by atoms with van der Waals surface area (Å²) >= 11 is 3.40. The number of carboxylic acid groups (broad SMARTS) is 1. The molecule has 0 saturated heterocycles. The van der Waals surface area contributed by atoms with Gasteiger partial charge in [-0.2, -0.15) is 0 Å². The summed E-state index contributed by atoms with van der Waals surface area (Å²) < 4.78 is 26.1. The predicted octanol–water partition coefficient (Wildman–Crippen LogP) is 2.21. The summed E-state index contributed by atoms with van der Waals surface area (Å²) in [7, 11) is -1.87. The highest BCUT2D eigenvalue weighted by Gasteiger charge is 2.43. The van der Waals surface area contributed by atoms with Gasteiger partial charge in [0, 0.05) is 17.6 Å². The van der Waals surface area contributed by atoms with Gasteiger partial charge in [0.1, 0.15) is 0 Å². The average Bonchev–Trinajstić information content (AvgIpc) is 2.31. The van der Waals surface area contributed by atoms with Crippen molar-refractivity contribution in [3.63, 3.8) is 0 Å². The third-order valence-electron chi connectivity index (χ3n) is 3.76. The number of nitrogens with zero attached hydrogens (tertiary/aromatic N) is 1. The SMILES string of the molecule is Cc1cc(Br)c2c(c1)S(=O)(=O)C(CC(=O)O)C(C)N2C. The fourth-order valence-electron chi connectivity index (χ4n) is 2.59. The maximum absolute atomic E-state index is 12.7. The number of carbonyl (C=O) groups is 1. The van der Waals surface area contributed by atoms with E-state index >= 15 is 0 Å². The second-order valence-corrected chi connectivity index (χ2v) is 8.12. The highest BCUT2D eigenvalue weighted by molar-refractivity contribution is 9.10. The van der Waals surface area contributed by atoms with Gasteiger partial charge < -0.3 is 10.0 Å². The molecule has 7 heteroatoms. The van der Waals surface area contributed by atoms with E-state index in [0.717, 1.165) is 5.56 Å². The number of fused-ring (bicyclic) bond motifs is 1. The van der Waals surface area contributed by atoms with Crippen LogP contribution < -0.4 is 4.90 Å². The number of halogens is 1. The van der Waals surface area contributed by atoms with Crippen LogP contribution in [0.5, 0.6) is 0 Å². The van der Waals surface area contributed by atoms with Gasteiger partial charge in [0.05, 0.1) is 22.3 Å². The molecule has 0 aliphatic carbocycles. The van der Waals surface area contributed by atoms with Crippen LogP contribution in [0.3, 0.4) is 0 Å². The normalized spacial score (nSPS) is 24.3. The molecule has 1 heterocycles. The third-order valence-corrected chi connectivity index (χ3v) is 6.64. The highest BCUT2D eigenvalue weighted by atomic mass is 79.9. The Bertz CT molecular complexity index is 671. The van der Waals surface area contributed by atoms with Crippen molar-refractivity contribution in [2.75, 3.05) is 11.9 Å². The zero-order valence-electron chi connectivity index (χ0n) is 11.4. The van der Waals surface area contributed by atoms with Gasteiger partial charge >= 0.3 is 5.97 Å². The van der Waals surface area contributed by atoms with Crippen LogP contribution >= 0.6 is 15.9 Å². The molecule has 0 saturated carbocycles. The molecule has 110 valence electrons. The van der Waals surface area contributed by atoms with E-state index in [0.29, 0.717) is 10.2 Å². The Hall–Kier alpha value is -1.08. The van der Waals surface area contributed by atoms with Crippen molar-refractivity contribution in [3.8, 4) is 0 Å². The monoisotopic (exact) mass is 361 g/mol. The number of aryl methyl sites for hydroxylation is 1. The first-order valence-corrected chi connectivity index (χ1v) is 8.49. The summed E-state index contributed by atoms with van der Waals surface area (Å²) in [4.78, 5) is 13.0. The molecule has 0 radical (unpaired) electrons. The van der Waals surface area contributed by atoms with Crippen LogP contribution in [0.2, 0.25) is 0 Å². The number of anilines is 1. The van der Waals surface area contributed by atoms with E-state index < -0.39 is 33.5 Å². The Balaban J connectivity index is 2.70. The van der Waals surface area contributed by atoms with E-state index in [2.05, 4.69) is 15.9 Å². The molecule has 1 aliphatic heterocycles. The second-order valence-electron chi connectivity index (χ2n) is 5.13. The summed E-state index contributed by atoms with van der Waals surface area (Å²) in [6, 6.07) is 3.06. The van der Waals surface area contributed by atoms with Crippen molar-refractivity contribution < 1.29 is 18.3 Å². The summed E-state index contributed by atoms with van der Waals surface area (Å²) in [6.45, 7) is 3.55. The quantitative estimate of drug-likeness (QED) is 0.873. The molecular formula is C13H16BrNO4S.